The highest BCUT2D eigenvalue weighted by Crippen LogP contribution is 2.50. The number of carbonyl (C=O) groups is 3. The Hall–Kier alpha value is -4.45. The van der Waals surface area contributed by atoms with Crippen molar-refractivity contribution in [2.24, 2.45) is 0 Å². The van der Waals surface area contributed by atoms with E-state index in [0.717, 1.165) is 39.0 Å². The van der Waals surface area contributed by atoms with Gasteiger partial charge in [-0.15, -0.1) is 0 Å². The fraction of sp³-hybridized carbons (Fsp3) is 0.321. The molecule has 2 N–H and O–H groups in total. The van der Waals surface area contributed by atoms with Crippen LogP contribution in [0, 0.1) is 11.3 Å². The molecule has 9 nitrogen and oxygen atoms in total. The maximum absolute atomic E-state index is 12.7. The van der Waals surface area contributed by atoms with Crippen molar-refractivity contribution in [3.05, 3.63) is 64.3 Å². The Kier molecular flexibility index (Phi) is 4.16. The molecule has 1 aromatic heterocycles. The van der Waals surface area contributed by atoms with Crippen LogP contribution in [0.25, 0.3) is 10.9 Å². The average molecular weight is 493 g/mol. The summed E-state index contributed by atoms with van der Waals surface area (Å²) in [6, 6.07) is 13.8. The molecule has 1 fully saturated rings. The summed E-state index contributed by atoms with van der Waals surface area (Å²) < 4.78 is 0. The second kappa shape index (κ2) is 7.07. The van der Waals surface area contributed by atoms with Crippen LogP contribution < -0.4 is 15.5 Å². The number of hydrogen-bond donors (Lipinski definition) is 2. The lowest BCUT2D eigenvalue weighted by Gasteiger charge is -2.31. The number of aromatic nitrogens is 1. The Morgan fingerprint density at radius 2 is 1.84 bits per heavy atom. The number of amides is 4. The summed E-state index contributed by atoms with van der Waals surface area (Å²) in [7, 11) is 1.68. The lowest BCUT2D eigenvalue weighted by Crippen LogP contribution is -2.48. The van der Waals surface area contributed by atoms with Crippen molar-refractivity contribution >= 4 is 40.1 Å². The van der Waals surface area contributed by atoms with Gasteiger partial charge in [0.2, 0.25) is 5.91 Å². The number of urea groups is 1. The quantitative estimate of drug-likeness (QED) is 0.531. The number of rotatable bonds is 2. The summed E-state index contributed by atoms with van der Waals surface area (Å²) in [4.78, 5) is 45.9. The fourth-order valence-corrected chi connectivity index (χ4v) is 6.75. The van der Waals surface area contributed by atoms with Crippen LogP contribution in [0.3, 0.4) is 0 Å². The normalized spacial score (nSPS) is 25.4. The molecule has 2 aromatic carbocycles. The second-order valence-corrected chi connectivity index (χ2v) is 11.0. The summed E-state index contributed by atoms with van der Waals surface area (Å²) in [6.45, 7) is 3.32. The standard InChI is InChI=1S/C28H24N6O3/c1-27-11-22(35)31-24-16(12-29)4-6-21(23(24)27)34(14-27)13-19-5-3-15-7-17-9-28(10-18(17)8-20(15)30-19)25(36)32-26(37)33(28)2/h3-8H,9-11,13-14H2,1-2H3,(H,31,35)(H,32,36,37). The zero-order valence-electron chi connectivity index (χ0n) is 20.5. The number of nitrogens with zero attached hydrogens (tertiary/aromatic N) is 4. The van der Waals surface area contributed by atoms with E-state index in [0.29, 0.717) is 43.6 Å². The molecule has 4 amide bonds. The predicted octanol–water partition coefficient (Wildman–Crippen LogP) is 2.75. The first-order chi connectivity index (χ1) is 17.7. The third-order valence-corrected chi connectivity index (χ3v) is 8.58. The molecule has 9 heteroatoms. The van der Waals surface area contributed by atoms with Crippen LogP contribution in [0.1, 0.15) is 41.3 Å². The van der Waals surface area contributed by atoms with Crippen molar-refractivity contribution < 1.29 is 14.4 Å². The molecule has 37 heavy (non-hydrogen) atoms. The molecule has 0 saturated carbocycles. The number of benzene rings is 2. The molecule has 0 radical (unpaired) electrons. The van der Waals surface area contributed by atoms with E-state index in [1.807, 2.05) is 18.2 Å². The van der Waals surface area contributed by atoms with E-state index < -0.39 is 5.54 Å². The van der Waals surface area contributed by atoms with E-state index in [1.165, 1.54) is 4.90 Å². The van der Waals surface area contributed by atoms with E-state index in [4.69, 9.17) is 4.98 Å². The number of imide groups is 1. The lowest BCUT2D eigenvalue weighted by atomic mass is 9.77. The van der Waals surface area contributed by atoms with Crippen molar-refractivity contribution in [3.63, 3.8) is 0 Å². The molecule has 4 heterocycles. The SMILES string of the molecule is CN1C(=O)NC(=O)C12Cc1cc3ccc(CN4CC5(C)CC(=O)Nc6c(C#N)ccc4c65)nc3cc1C2. The maximum atomic E-state index is 12.7. The van der Waals surface area contributed by atoms with Gasteiger partial charge in [-0.1, -0.05) is 13.0 Å². The number of fused-ring (bicyclic) bond motifs is 2. The van der Waals surface area contributed by atoms with Crippen molar-refractivity contribution in [2.45, 2.75) is 43.7 Å². The second-order valence-electron chi connectivity index (χ2n) is 11.0. The zero-order valence-corrected chi connectivity index (χ0v) is 20.5. The van der Waals surface area contributed by atoms with Crippen molar-refractivity contribution in [2.75, 3.05) is 23.8 Å². The van der Waals surface area contributed by atoms with E-state index in [2.05, 4.69) is 40.7 Å². The third-order valence-electron chi connectivity index (χ3n) is 8.58. The average Bonchev–Trinajstić information content (AvgIpc) is 3.44. The molecule has 4 aliphatic rings. The van der Waals surface area contributed by atoms with Crippen molar-refractivity contribution in [1.82, 2.24) is 15.2 Å². The first kappa shape index (κ1) is 21.8. The van der Waals surface area contributed by atoms with Gasteiger partial charge in [-0.3, -0.25) is 19.9 Å². The van der Waals surface area contributed by atoms with Gasteiger partial charge in [-0.2, -0.15) is 5.26 Å². The predicted molar refractivity (Wildman–Crippen MR) is 136 cm³/mol. The number of nitriles is 1. The van der Waals surface area contributed by atoms with Crippen LogP contribution >= 0.6 is 0 Å². The summed E-state index contributed by atoms with van der Waals surface area (Å²) in [5.41, 5.74) is 5.80. The van der Waals surface area contributed by atoms with E-state index >= 15 is 0 Å². The summed E-state index contributed by atoms with van der Waals surface area (Å²) in [6.07, 6.45) is 1.35. The maximum Gasteiger partial charge on any atom is 0.324 e. The highest BCUT2D eigenvalue weighted by atomic mass is 16.2. The lowest BCUT2D eigenvalue weighted by molar-refractivity contribution is -0.125. The van der Waals surface area contributed by atoms with E-state index in [1.54, 1.807) is 13.1 Å². The van der Waals surface area contributed by atoms with E-state index in [9.17, 15) is 19.6 Å². The van der Waals surface area contributed by atoms with Crippen LogP contribution in [-0.4, -0.2) is 46.9 Å². The number of nitrogens with one attached hydrogen (secondary N) is 2. The highest BCUT2D eigenvalue weighted by Gasteiger charge is 2.54. The molecule has 1 spiro atoms. The number of pyridine rings is 1. The minimum atomic E-state index is -0.860. The zero-order chi connectivity index (χ0) is 25.7. The summed E-state index contributed by atoms with van der Waals surface area (Å²) in [5, 5.41) is 15.9. The van der Waals surface area contributed by atoms with Gasteiger partial charge in [0, 0.05) is 54.9 Å². The van der Waals surface area contributed by atoms with Crippen molar-refractivity contribution in [1.29, 1.82) is 5.26 Å². The Morgan fingerprint density at radius 3 is 2.57 bits per heavy atom. The fourth-order valence-electron chi connectivity index (χ4n) is 6.75. The molecule has 3 aliphatic heterocycles. The molecular weight excluding hydrogens is 468 g/mol. The molecule has 2 unspecified atom stereocenters. The smallest absolute Gasteiger partial charge is 0.324 e. The van der Waals surface area contributed by atoms with Crippen molar-refractivity contribution in [3.8, 4) is 6.07 Å². The van der Waals surface area contributed by atoms with Crippen LogP contribution in [0.5, 0.6) is 0 Å². The molecule has 2 atom stereocenters. The van der Waals surface area contributed by atoms with Gasteiger partial charge >= 0.3 is 6.03 Å². The van der Waals surface area contributed by atoms with Gasteiger partial charge in [0.15, 0.2) is 0 Å². The van der Waals surface area contributed by atoms with Crippen LogP contribution in [-0.2, 0) is 34.4 Å². The monoisotopic (exact) mass is 492 g/mol. The minimum absolute atomic E-state index is 0.0655. The Morgan fingerprint density at radius 1 is 1.05 bits per heavy atom. The number of anilines is 2. The van der Waals surface area contributed by atoms with Gasteiger partial charge in [0.25, 0.3) is 5.91 Å². The Bertz CT molecular complexity index is 1640. The minimum Gasteiger partial charge on any atom is -0.364 e. The first-order valence-corrected chi connectivity index (χ1v) is 12.3. The van der Waals surface area contributed by atoms with Crippen LogP contribution in [0.2, 0.25) is 0 Å². The molecule has 1 aliphatic carbocycles. The molecule has 184 valence electrons. The molecule has 7 rings (SSSR count). The number of hydrogen-bond acceptors (Lipinski definition) is 6. The molecule has 1 saturated heterocycles. The van der Waals surface area contributed by atoms with Crippen LogP contribution in [0.15, 0.2) is 36.4 Å². The van der Waals surface area contributed by atoms with Crippen LogP contribution in [0.4, 0.5) is 16.2 Å². The topological polar surface area (TPSA) is 118 Å². The Labute approximate surface area is 213 Å². The van der Waals surface area contributed by atoms with Gasteiger partial charge in [-0.05, 0) is 41.5 Å². The summed E-state index contributed by atoms with van der Waals surface area (Å²) in [5.74, 6) is -0.307. The largest absolute Gasteiger partial charge is 0.364 e. The van der Waals surface area contributed by atoms with Gasteiger partial charge < -0.3 is 15.1 Å². The van der Waals surface area contributed by atoms with Gasteiger partial charge in [0.05, 0.1) is 29.0 Å². The first-order valence-electron chi connectivity index (χ1n) is 12.3. The molecular formula is C28H24N6O3. The third kappa shape index (κ3) is 2.90. The Balaban J connectivity index is 1.22. The number of likely N-dealkylation sites (N-methyl/N-ethyl adjacent to an activating group) is 1. The highest BCUT2D eigenvalue weighted by molar-refractivity contribution is 6.08. The molecule has 0 bridgehead atoms. The van der Waals surface area contributed by atoms with Gasteiger partial charge in [-0.25, -0.2) is 4.79 Å². The molecule has 3 aromatic rings. The summed E-state index contributed by atoms with van der Waals surface area (Å²) >= 11 is 0. The van der Waals surface area contributed by atoms with Gasteiger partial charge in [0.1, 0.15) is 11.6 Å². The van der Waals surface area contributed by atoms with E-state index in [-0.39, 0.29) is 23.3 Å². The number of carbonyl (C=O) groups excluding carboxylic acids is 3.